The Balaban J connectivity index is 1.89. The van der Waals surface area contributed by atoms with E-state index in [1.807, 2.05) is 0 Å². The Morgan fingerprint density at radius 3 is 2.57 bits per heavy atom. The molecule has 1 N–H and O–H groups in total. The molecule has 0 aliphatic rings. The number of nitrogens with zero attached hydrogens (tertiary/aromatic N) is 2. The number of carbonyl (C=O) groups excluding carboxylic acids is 1. The molecule has 0 saturated carbocycles. The molecule has 0 fully saturated rings. The van der Waals surface area contributed by atoms with Crippen molar-refractivity contribution < 1.29 is 9.18 Å². The van der Waals surface area contributed by atoms with E-state index in [1.54, 1.807) is 12.1 Å². The van der Waals surface area contributed by atoms with Crippen LogP contribution in [0.25, 0.3) is 11.3 Å². The highest BCUT2D eigenvalue weighted by molar-refractivity contribution is 7.08. The zero-order valence-corrected chi connectivity index (χ0v) is 13.7. The summed E-state index contributed by atoms with van der Waals surface area (Å²) in [6.07, 6.45) is 0. The number of amides is 1. The first-order valence-corrected chi connectivity index (χ1v) is 7.92. The molecule has 0 radical (unpaired) electrons. The van der Waals surface area contributed by atoms with Crippen molar-refractivity contribution in [2.45, 2.75) is 0 Å². The number of benzene rings is 2. The minimum Gasteiger partial charge on any atom is -0.320 e. The molecule has 4 nitrogen and oxygen atoms in total. The summed E-state index contributed by atoms with van der Waals surface area (Å²) in [6, 6.07) is 10.4. The zero-order chi connectivity index (χ0) is 16.4. The fourth-order valence-electron chi connectivity index (χ4n) is 1.91. The van der Waals surface area contributed by atoms with Gasteiger partial charge in [-0.25, -0.2) is 4.39 Å². The van der Waals surface area contributed by atoms with Crippen molar-refractivity contribution in [3.63, 3.8) is 0 Å². The first-order chi connectivity index (χ1) is 11.0. The molecule has 1 aromatic heterocycles. The number of aromatic nitrogens is 2. The molecule has 3 aromatic rings. The van der Waals surface area contributed by atoms with E-state index in [9.17, 15) is 9.18 Å². The lowest BCUT2D eigenvalue weighted by Gasteiger charge is -2.07. The van der Waals surface area contributed by atoms with Crippen LogP contribution in [0.3, 0.4) is 0 Å². The number of hydrogen-bond acceptors (Lipinski definition) is 4. The van der Waals surface area contributed by atoms with Crippen molar-refractivity contribution in [3.05, 3.63) is 63.2 Å². The molecule has 0 atom stereocenters. The number of carbonyl (C=O) groups is 1. The lowest BCUT2D eigenvalue weighted by Crippen LogP contribution is -2.11. The van der Waals surface area contributed by atoms with Gasteiger partial charge in [0.15, 0.2) is 0 Å². The molecule has 0 saturated heterocycles. The smallest absolute Gasteiger partial charge is 0.269 e. The molecule has 1 heterocycles. The van der Waals surface area contributed by atoms with Crippen molar-refractivity contribution in [2.75, 3.05) is 5.32 Å². The van der Waals surface area contributed by atoms with Gasteiger partial charge in [0, 0.05) is 10.6 Å². The molecule has 0 bridgehead atoms. The van der Waals surface area contributed by atoms with Crippen LogP contribution in [-0.2, 0) is 0 Å². The van der Waals surface area contributed by atoms with Gasteiger partial charge in [-0.2, -0.15) is 0 Å². The van der Waals surface area contributed by atoms with Crippen LogP contribution < -0.4 is 5.32 Å². The predicted octanol–water partition coefficient (Wildman–Crippen LogP) is 4.90. The van der Waals surface area contributed by atoms with Crippen LogP contribution in [-0.4, -0.2) is 15.5 Å². The average molecular weight is 368 g/mol. The topological polar surface area (TPSA) is 54.9 Å². The molecule has 0 aliphatic heterocycles. The van der Waals surface area contributed by atoms with Crippen molar-refractivity contribution in [3.8, 4) is 11.3 Å². The van der Waals surface area contributed by atoms with Crippen molar-refractivity contribution >= 4 is 46.3 Å². The average Bonchev–Trinajstić information content (AvgIpc) is 3.00. The Labute approximate surface area is 145 Å². The van der Waals surface area contributed by atoms with Gasteiger partial charge < -0.3 is 5.32 Å². The van der Waals surface area contributed by atoms with Gasteiger partial charge in [-0.3, -0.25) is 4.79 Å². The Kier molecular flexibility index (Phi) is 4.56. The van der Waals surface area contributed by atoms with Crippen molar-refractivity contribution in [1.29, 1.82) is 0 Å². The second kappa shape index (κ2) is 6.62. The quantitative estimate of drug-likeness (QED) is 0.715. The monoisotopic (exact) mass is 367 g/mol. The summed E-state index contributed by atoms with van der Waals surface area (Å²) < 4.78 is 16.8. The lowest BCUT2D eigenvalue weighted by atomic mass is 10.1. The second-order valence-electron chi connectivity index (χ2n) is 4.54. The molecule has 23 heavy (non-hydrogen) atoms. The fraction of sp³-hybridized carbons (Fsp3) is 0. The third-order valence-electron chi connectivity index (χ3n) is 2.99. The van der Waals surface area contributed by atoms with Gasteiger partial charge in [0.25, 0.3) is 5.91 Å². The molecule has 8 heteroatoms. The van der Waals surface area contributed by atoms with Crippen LogP contribution in [0, 0.1) is 5.82 Å². The maximum Gasteiger partial charge on any atom is 0.269 e. The molecule has 0 unspecified atom stereocenters. The Morgan fingerprint density at radius 1 is 1.13 bits per heavy atom. The minimum atomic E-state index is -0.399. The van der Waals surface area contributed by atoms with Crippen LogP contribution >= 0.6 is 34.7 Å². The van der Waals surface area contributed by atoms with Crippen LogP contribution in [0.4, 0.5) is 10.1 Å². The van der Waals surface area contributed by atoms with E-state index in [0.29, 0.717) is 31.9 Å². The summed E-state index contributed by atoms with van der Waals surface area (Å²) in [4.78, 5) is 12.7. The summed E-state index contributed by atoms with van der Waals surface area (Å²) in [5.41, 5.74) is 1.42. The van der Waals surface area contributed by atoms with Crippen LogP contribution in [0.1, 0.15) is 9.67 Å². The summed E-state index contributed by atoms with van der Waals surface area (Å²) in [6.45, 7) is 0. The van der Waals surface area contributed by atoms with Gasteiger partial charge in [0.05, 0.1) is 10.7 Å². The molecule has 0 spiro atoms. The van der Waals surface area contributed by atoms with Crippen molar-refractivity contribution in [2.24, 2.45) is 0 Å². The van der Waals surface area contributed by atoms with E-state index in [-0.39, 0.29) is 5.82 Å². The van der Waals surface area contributed by atoms with E-state index in [1.165, 1.54) is 30.3 Å². The maximum atomic E-state index is 13.0. The van der Waals surface area contributed by atoms with E-state index >= 15 is 0 Å². The summed E-state index contributed by atoms with van der Waals surface area (Å²) >= 11 is 12.8. The molecule has 1 amide bonds. The normalized spacial score (nSPS) is 10.6. The third kappa shape index (κ3) is 3.50. The van der Waals surface area contributed by atoms with Gasteiger partial charge in [0.2, 0.25) is 0 Å². The number of halogens is 3. The van der Waals surface area contributed by atoms with Gasteiger partial charge in [0.1, 0.15) is 16.4 Å². The first kappa shape index (κ1) is 15.9. The van der Waals surface area contributed by atoms with Crippen LogP contribution in [0.2, 0.25) is 10.0 Å². The lowest BCUT2D eigenvalue weighted by molar-refractivity contribution is 0.103. The standard InChI is InChI=1S/C15H8Cl2FN3OS/c16-9-3-6-12(11(17)7-9)19-15(22)14-13(20-21-23-14)8-1-4-10(18)5-2-8/h1-7H,(H,19,22). The largest absolute Gasteiger partial charge is 0.320 e. The van der Waals surface area contributed by atoms with E-state index in [4.69, 9.17) is 23.2 Å². The molecule has 3 rings (SSSR count). The van der Waals surface area contributed by atoms with E-state index < -0.39 is 5.91 Å². The number of rotatable bonds is 3. The van der Waals surface area contributed by atoms with E-state index in [2.05, 4.69) is 14.9 Å². The zero-order valence-electron chi connectivity index (χ0n) is 11.4. The summed E-state index contributed by atoms with van der Waals surface area (Å²) in [7, 11) is 0. The summed E-state index contributed by atoms with van der Waals surface area (Å²) in [5.74, 6) is -0.764. The predicted molar refractivity (Wildman–Crippen MR) is 89.7 cm³/mol. The number of anilines is 1. The van der Waals surface area contributed by atoms with E-state index in [0.717, 1.165) is 11.5 Å². The highest BCUT2D eigenvalue weighted by atomic mass is 35.5. The molecule has 116 valence electrons. The van der Waals surface area contributed by atoms with Crippen LogP contribution in [0.5, 0.6) is 0 Å². The minimum absolute atomic E-state index is 0.308. The van der Waals surface area contributed by atoms with Crippen LogP contribution in [0.15, 0.2) is 42.5 Å². The number of nitrogens with one attached hydrogen (secondary N) is 1. The van der Waals surface area contributed by atoms with Gasteiger partial charge in [-0.15, -0.1) is 5.10 Å². The maximum absolute atomic E-state index is 13.0. The molecule has 0 aliphatic carbocycles. The first-order valence-electron chi connectivity index (χ1n) is 6.39. The molecular weight excluding hydrogens is 360 g/mol. The van der Waals surface area contributed by atoms with Gasteiger partial charge >= 0.3 is 0 Å². The highest BCUT2D eigenvalue weighted by Crippen LogP contribution is 2.28. The Bertz CT molecular complexity index is 867. The van der Waals surface area contributed by atoms with Gasteiger partial charge in [-0.1, -0.05) is 27.7 Å². The number of hydrogen-bond donors (Lipinski definition) is 1. The summed E-state index contributed by atoms with van der Waals surface area (Å²) in [5, 5.41) is 7.43. The Morgan fingerprint density at radius 2 is 1.87 bits per heavy atom. The second-order valence-corrected chi connectivity index (χ2v) is 6.13. The van der Waals surface area contributed by atoms with Gasteiger partial charge in [-0.05, 0) is 54.0 Å². The fourth-order valence-corrected chi connectivity index (χ4v) is 2.95. The molecular formula is C15H8Cl2FN3OS. The van der Waals surface area contributed by atoms with Crippen molar-refractivity contribution in [1.82, 2.24) is 9.59 Å². The molecule has 2 aromatic carbocycles. The highest BCUT2D eigenvalue weighted by Gasteiger charge is 2.19. The Hall–Kier alpha value is -2.02. The SMILES string of the molecule is O=C(Nc1ccc(Cl)cc1Cl)c1snnc1-c1ccc(F)cc1. The third-order valence-corrected chi connectivity index (χ3v) is 4.26.